The Kier molecular flexibility index (Phi) is 2.10. The van der Waals surface area contributed by atoms with E-state index in [2.05, 4.69) is 11.2 Å². The molecule has 0 bridgehead atoms. The summed E-state index contributed by atoms with van der Waals surface area (Å²) in [7, 11) is 0. The molecule has 2 aromatic heterocycles. The van der Waals surface area contributed by atoms with E-state index in [0.29, 0.717) is 5.56 Å². The zero-order chi connectivity index (χ0) is 11.8. The summed E-state index contributed by atoms with van der Waals surface area (Å²) in [5.74, 6) is 0.288. The van der Waals surface area contributed by atoms with E-state index in [-0.39, 0.29) is 5.82 Å². The highest BCUT2D eigenvalue weighted by atomic mass is 32.1. The van der Waals surface area contributed by atoms with Crippen molar-refractivity contribution in [3.05, 3.63) is 41.3 Å². The molecule has 1 aromatic carbocycles. The summed E-state index contributed by atoms with van der Waals surface area (Å²) in [5.41, 5.74) is 8.18. The topological polar surface area (TPSA) is 67.1 Å². The first-order valence-electron chi connectivity index (χ1n) is 5.02. The van der Waals surface area contributed by atoms with Gasteiger partial charge in [0.25, 0.3) is 0 Å². The van der Waals surface area contributed by atoms with Crippen molar-refractivity contribution in [2.24, 2.45) is 0 Å². The molecule has 17 heavy (non-hydrogen) atoms. The number of nitrogens with two attached hydrogens (primary N) is 1. The maximum absolute atomic E-state index is 9.01. The van der Waals surface area contributed by atoms with Crippen LogP contribution >= 0.6 is 11.3 Å². The van der Waals surface area contributed by atoms with Gasteiger partial charge in [-0.05, 0) is 0 Å². The minimum absolute atomic E-state index is 0.288. The molecule has 0 saturated heterocycles. The van der Waals surface area contributed by atoms with Crippen LogP contribution in [0.4, 0.5) is 5.82 Å². The molecule has 0 atom stereocenters. The summed E-state index contributed by atoms with van der Waals surface area (Å²) < 4.78 is 1.73. The van der Waals surface area contributed by atoms with Crippen LogP contribution in [0.5, 0.6) is 0 Å². The molecule has 0 saturated carbocycles. The summed E-state index contributed by atoms with van der Waals surface area (Å²) in [4.78, 5) is 0.795. The maximum Gasteiger partial charge on any atom is 0.165 e. The fourth-order valence-electron chi connectivity index (χ4n) is 1.76. The summed E-state index contributed by atoms with van der Waals surface area (Å²) in [6.45, 7) is 0. The van der Waals surface area contributed by atoms with E-state index in [1.807, 2.05) is 35.7 Å². The Morgan fingerprint density at radius 1 is 1.29 bits per heavy atom. The van der Waals surface area contributed by atoms with Crippen LogP contribution in [0.15, 0.2) is 35.7 Å². The lowest BCUT2D eigenvalue weighted by Crippen LogP contribution is -1.91. The SMILES string of the molecule is N#Cc1c(N)nn2c(-c3ccccc3)csc12. The lowest BCUT2D eigenvalue weighted by molar-refractivity contribution is 0.993. The number of benzene rings is 1. The van der Waals surface area contributed by atoms with Crippen LogP contribution in [0.1, 0.15) is 5.56 Å². The van der Waals surface area contributed by atoms with Gasteiger partial charge in [0.05, 0.1) is 5.69 Å². The van der Waals surface area contributed by atoms with Crippen molar-refractivity contribution in [1.82, 2.24) is 9.61 Å². The van der Waals surface area contributed by atoms with Gasteiger partial charge in [-0.2, -0.15) is 5.26 Å². The smallest absolute Gasteiger partial charge is 0.165 e. The normalized spacial score (nSPS) is 10.5. The van der Waals surface area contributed by atoms with Gasteiger partial charge in [-0.1, -0.05) is 30.3 Å². The van der Waals surface area contributed by atoms with Gasteiger partial charge in [0.2, 0.25) is 0 Å². The van der Waals surface area contributed by atoms with Crippen LogP contribution in [0.2, 0.25) is 0 Å². The molecule has 0 unspecified atom stereocenters. The Hall–Kier alpha value is -2.32. The maximum atomic E-state index is 9.01. The second-order valence-electron chi connectivity index (χ2n) is 3.58. The van der Waals surface area contributed by atoms with E-state index in [4.69, 9.17) is 11.0 Å². The van der Waals surface area contributed by atoms with Crippen molar-refractivity contribution >= 4 is 22.0 Å². The molecule has 0 radical (unpaired) electrons. The number of hydrogen-bond acceptors (Lipinski definition) is 4. The molecule has 2 heterocycles. The minimum atomic E-state index is 0.288. The van der Waals surface area contributed by atoms with Crippen molar-refractivity contribution in [3.8, 4) is 17.3 Å². The molecule has 0 fully saturated rings. The standard InChI is InChI=1S/C12H8N4S/c13-6-9-11(14)15-16-10(7-17-12(9)16)8-4-2-1-3-5-8/h1-5,7H,(H2,14,15). The number of hydrogen-bond donors (Lipinski definition) is 1. The Balaban J connectivity index is 2.31. The summed E-state index contributed by atoms with van der Waals surface area (Å²) in [5, 5.41) is 15.2. The van der Waals surface area contributed by atoms with Gasteiger partial charge in [0.15, 0.2) is 5.82 Å². The predicted molar refractivity (Wildman–Crippen MR) is 67.6 cm³/mol. The number of nitriles is 1. The quantitative estimate of drug-likeness (QED) is 0.710. The van der Waals surface area contributed by atoms with Crippen LogP contribution in [0.25, 0.3) is 16.1 Å². The lowest BCUT2D eigenvalue weighted by Gasteiger charge is -1.97. The van der Waals surface area contributed by atoms with Gasteiger partial charge in [-0.3, -0.25) is 0 Å². The summed E-state index contributed by atoms with van der Waals surface area (Å²) >= 11 is 1.48. The number of aromatic nitrogens is 2. The van der Waals surface area contributed by atoms with Gasteiger partial charge in [-0.25, -0.2) is 4.52 Å². The third-order valence-electron chi connectivity index (χ3n) is 2.56. The monoisotopic (exact) mass is 240 g/mol. The van der Waals surface area contributed by atoms with E-state index >= 15 is 0 Å². The van der Waals surface area contributed by atoms with Crippen LogP contribution in [-0.4, -0.2) is 9.61 Å². The van der Waals surface area contributed by atoms with E-state index in [9.17, 15) is 0 Å². The molecule has 0 aliphatic carbocycles. The van der Waals surface area contributed by atoms with Crippen LogP contribution < -0.4 is 5.73 Å². The van der Waals surface area contributed by atoms with Crippen molar-refractivity contribution in [2.75, 3.05) is 5.73 Å². The summed E-state index contributed by atoms with van der Waals surface area (Å²) in [6, 6.07) is 12.0. The van der Waals surface area contributed by atoms with E-state index < -0.39 is 0 Å². The van der Waals surface area contributed by atoms with Gasteiger partial charge >= 0.3 is 0 Å². The Bertz CT molecular complexity index is 718. The van der Waals surface area contributed by atoms with Crippen molar-refractivity contribution in [3.63, 3.8) is 0 Å². The Morgan fingerprint density at radius 3 is 2.76 bits per heavy atom. The first-order valence-corrected chi connectivity index (χ1v) is 5.90. The highest BCUT2D eigenvalue weighted by molar-refractivity contribution is 7.16. The Morgan fingerprint density at radius 2 is 2.06 bits per heavy atom. The highest BCUT2D eigenvalue weighted by Crippen LogP contribution is 2.29. The average molecular weight is 240 g/mol. The number of fused-ring (bicyclic) bond motifs is 1. The highest BCUT2D eigenvalue weighted by Gasteiger charge is 2.14. The van der Waals surface area contributed by atoms with Crippen molar-refractivity contribution < 1.29 is 0 Å². The molecule has 3 rings (SSSR count). The van der Waals surface area contributed by atoms with Crippen LogP contribution in [0.3, 0.4) is 0 Å². The first-order chi connectivity index (χ1) is 8.31. The molecule has 0 amide bonds. The molecule has 3 aromatic rings. The molecular weight excluding hydrogens is 232 g/mol. The average Bonchev–Trinajstić information content (AvgIpc) is 2.87. The molecule has 0 aliphatic rings. The predicted octanol–water partition coefficient (Wildman–Crippen LogP) is 2.52. The lowest BCUT2D eigenvalue weighted by atomic mass is 10.2. The number of rotatable bonds is 1. The molecular formula is C12H8N4S. The van der Waals surface area contributed by atoms with Gasteiger partial charge < -0.3 is 5.73 Å². The van der Waals surface area contributed by atoms with Crippen LogP contribution in [0, 0.1) is 11.3 Å². The van der Waals surface area contributed by atoms with Gasteiger partial charge in [0, 0.05) is 10.9 Å². The first kappa shape index (κ1) is 9.87. The number of thiazole rings is 1. The fourth-order valence-corrected chi connectivity index (χ4v) is 2.72. The van der Waals surface area contributed by atoms with Crippen LogP contribution in [-0.2, 0) is 0 Å². The fraction of sp³-hybridized carbons (Fsp3) is 0. The molecule has 4 nitrogen and oxygen atoms in total. The number of nitrogen functional groups attached to an aromatic ring is 1. The van der Waals surface area contributed by atoms with E-state index in [1.54, 1.807) is 4.52 Å². The zero-order valence-corrected chi connectivity index (χ0v) is 9.61. The Labute approximate surface area is 102 Å². The molecule has 82 valence electrons. The van der Waals surface area contributed by atoms with E-state index in [1.165, 1.54) is 11.3 Å². The van der Waals surface area contributed by atoms with Crippen molar-refractivity contribution in [1.29, 1.82) is 5.26 Å². The third-order valence-corrected chi connectivity index (χ3v) is 3.50. The summed E-state index contributed by atoms with van der Waals surface area (Å²) in [6.07, 6.45) is 0. The molecule has 5 heteroatoms. The van der Waals surface area contributed by atoms with Crippen molar-refractivity contribution in [2.45, 2.75) is 0 Å². The molecule has 0 spiro atoms. The minimum Gasteiger partial charge on any atom is -0.381 e. The van der Waals surface area contributed by atoms with Gasteiger partial charge in [0.1, 0.15) is 16.5 Å². The third kappa shape index (κ3) is 1.39. The van der Waals surface area contributed by atoms with Gasteiger partial charge in [-0.15, -0.1) is 16.4 Å². The second kappa shape index (κ2) is 3.61. The molecule has 0 aliphatic heterocycles. The van der Waals surface area contributed by atoms with E-state index in [0.717, 1.165) is 16.1 Å². The zero-order valence-electron chi connectivity index (χ0n) is 8.79. The number of anilines is 1. The number of nitrogens with zero attached hydrogens (tertiary/aromatic N) is 3. The molecule has 2 N–H and O–H groups in total. The largest absolute Gasteiger partial charge is 0.381 e. The second-order valence-corrected chi connectivity index (χ2v) is 4.43.